The zero-order valence-corrected chi connectivity index (χ0v) is 12.4. The van der Waals surface area contributed by atoms with Crippen molar-refractivity contribution >= 4 is 5.91 Å². The lowest BCUT2D eigenvalue weighted by atomic mass is 10.2. The molecular weight excluding hydrogens is 252 g/mol. The maximum absolute atomic E-state index is 12.3. The van der Waals surface area contributed by atoms with Crippen LogP contribution < -0.4 is 4.74 Å². The standard InChI is InChI=1S/C16H20N2O2/c1-11(2)10-20-15-7-5-14(6-8-15)16(19)18-13(4)9-12(3)17-18/h5-9,11H,10H2,1-4H3. The monoisotopic (exact) mass is 272 g/mol. The van der Waals surface area contributed by atoms with Gasteiger partial charge in [0.1, 0.15) is 5.75 Å². The van der Waals surface area contributed by atoms with Gasteiger partial charge in [-0.05, 0) is 50.1 Å². The van der Waals surface area contributed by atoms with E-state index in [4.69, 9.17) is 4.74 Å². The molecule has 1 aromatic heterocycles. The lowest BCUT2D eigenvalue weighted by molar-refractivity contribution is 0.0942. The Balaban J connectivity index is 2.13. The van der Waals surface area contributed by atoms with E-state index < -0.39 is 0 Å². The normalized spacial score (nSPS) is 10.8. The van der Waals surface area contributed by atoms with Gasteiger partial charge in [0, 0.05) is 11.3 Å². The van der Waals surface area contributed by atoms with Gasteiger partial charge in [0.15, 0.2) is 0 Å². The van der Waals surface area contributed by atoms with Gasteiger partial charge < -0.3 is 4.74 Å². The molecule has 0 N–H and O–H groups in total. The minimum absolute atomic E-state index is 0.119. The number of aromatic nitrogens is 2. The summed E-state index contributed by atoms with van der Waals surface area (Å²) in [6.07, 6.45) is 0. The average molecular weight is 272 g/mol. The molecule has 4 heteroatoms. The third kappa shape index (κ3) is 3.26. The van der Waals surface area contributed by atoms with Crippen LogP contribution in [0.5, 0.6) is 5.75 Å². The topological polar surface area (TPSA) is 44.1 Å². The van der Waals surface area contributed by atoms with Gasteiger partial charge in [0.05, 0.1) is 12.3 Å². The van der Waals surface area contributed by atoms with Crippen LogP contribution in [0.15, 0.2) is 30.3 Å². The summed E-state index contributed by atoms with van der Waals surface area (Å²) in [5.74, 6) is 1.14. The SMILES string of the molecule is Cc1cc(C)n(C(=O)c2ccc(OCC(C)C)cc2)n1. The van der Waals surface area contributed by atoms with Gasteiger partial charge >= 0.3 is 0 Å². The molecule has 0 radical (unpaired) electrons. The molecule has 1 aromatic carbocycles. The van der Waals surface area contributed by atoms with Crippen molar-refractivity contribution in [2.75, 3.05) is 6.61 Å². The molecule has 4 nitrogen and oxygen atoms in total. The Morgan fingerprint density at radius 1 is 1.25 bits per heavy atom. The Labute approximate surface area is 119 Å². The first-order chi connectivity index (χ1) is 9.47. The fourth-order valence-corrected chi connectivity index (χ4v) is 1.91. The molecule has 0 fully saturated rings. The molecule has 0 unspecified atom stereocenters. The molecular formula is C16H20N2O2. The van der Waals surface area contributed by atoms with Crippen LogP contribution in [0.1, 0.15) is 35.6 Å². The fraction of sp³-hybridized carbons (Fsp3) is 0.375. The number of carbonyl (C=O) groups is 1. The molecule has 0 saturated carbocycles. The van der Waals surface area contributed by atoms with Crippen molar-refractivity contribution in [2.24, 2.45) is 5.92 Å². The zero-order chi connectivity index (χ0) is 14.7. The highest BCUT2D eigenvalue weighted by Gasteiger charge is 2.12. The number of benzene rings is 1. The van der Waals surface area contributed by atoms with Crippen LogP contribution in [0.4, 0.5) is 0 Å². The van der Waals surface area contributed by atoms with Crippen LogP contribution >= 0.6 is 0 Å². The molecule has 0 saturated heterocycles. The van der Waals surface area contributed by atoms with Gasteiger partial charge in [-0.25, -0.2) is 4.68 Å². The summed E-state index contributed by atoms with van der Waals surface area (Å²) in [5, 5.41) is 4.20. The highest BCUT2D eigenvalue weighted by Crippen LogP contribution is 2.15. The predicted molar refractivity (Wildman–Crippen MR) is 78.2 cm³/mol. The molecule has 20 heavy (non-hydrogen) atoms. The van der Waals surface area contributed by atoms with Crippen LogP contribution in [-0.4, -0.2) is 22.3 Å². The van der Waals surface area contributed by atoms with Crippen LogP contribution in [0.25, 0.3) is 0 Å². The first-order valence-electron chi connectivity index (χ1n) is 6.78. The molecule has 0 spiro atoms. The Kier molecular flexibility index (Phi) is 4.23. The van der Waals surface area contributed by atoms with Crippen molar-refractivity contribution in [1.29, 1.82) is 0 Å². The third-order valence-corrected chi connectivity index (χ3v) is 2.89. The van der Waals surface area contributed by atoms with Crippen LogP contribution in [0.2, 0.25) is 0 Å². The number of nitrogens with zero attached hydrogens (tertiary/aromatic N) is 2. The van der Waals surface area contributed by atoms with Gasteiger partial charge in [0.25, 0.3) is 5.91 Å². The van der Waals surface area contributed by atoms with E-state index in [0.29, 0.717) is 18.1 Å². The van der Waals surface area contributed by atoms with E-state index in [1.807, 2.05) is 32.0 Å². The van der Waals surface area contributed by atoms with Crippen LogP contribution in [0, 0.1) is 19.8 Å². The Hall–Kier alpha value is -2.10. The number of hydrogen-bond donors (Lipinski definition) is 0. The fourth-order valence-electron chi connectivity index (χ4n) is 1.91. The second kappa shape index (κ2) is 5.90. The first-order valence-corrected chi connectivity index (χ1v) is 6.78. The smallest absolute Gasteiger partial charge is 0.278 e. The first kappa shape index (κ1) is 14.3. The highest BCUT2D eigenvalue weighted by atomic mass is 16.5. The van der Waals surface area contributed by atoms with Crippen molar-refractivity contribution < 1.29 is 9.53 Å². The predicted octanol–water partition coefficient (Wildman–Crippen LogP) is 3.22. The number of rotatable bonds is 4. The van der Waals surface area contributed by atoms with Gasteiger partial charge in [-0.15, -0.1) is 0 Å². The van der Waals surface area contributed by atoms with E-state index >= 15 is 0 Å². The lowest BCUT2D eigenvalue weighted by Gasteiger charge is -2.09. The number of carbonyl (C=O) groups excluding carboxylic acids is 1. The maximum Gasteiger partial charge on any atom is 0.278 e. The minimum Gasteiger partial charge on any atom is -0.493 e. The molecule has 0 aliphatic heterocycles. The average Bonchev–Trinajstić information content (AvgIpc) is 2.75. The lowest BCUT2D eigenvalue weighted by Crippen LogP contribution is -2.15. The molecule has 0 amide bonds. The second-order valence-electron chi connectivity index (χ2n) is 5.37. The maximum atomic E-state index is 12.3. The summed E-state index contributed by atoms with van der Waals surface area (Å²) < 4.78 is 7.03. The molecule has 106 valence electrons. The van der Waals surface area contributed by atoms with Gasteiger partial charge in [-0.1, -0.05) is 13.8 Å². The van der Waals surface area contributed by atoms with Crippen molar-refractivity contribution in [3.8, 4) is 5.75 Å². The quantitative estimate of drug-likeness (QED) is 0.858. The molecule has 0 aliphatic rings. The van der Waals surface area contributed by atoms with E-state index in [1.165, 1.54) is 4.68 Å². The Morgan fingerprint density at radius 2 is 1.90 bits per heavy atom. The summed E-state index contributed by atoms with van der Waals surface area (Å²) in [5.41, 5.74) is 2.29. The number of ether oxygens (including phenoxy) is 1. The largest absolute Gasteiger partial charge is 0.493 e. The second-order valence-corrected chi connectivity index (χ2v) is 5.37. The molecule has 1 heterocycles. The zero-order valence-electron chi connectivity index (χ0n) is 12.4. The molecule has 2 rings (SSSR count). The number of aryl methyl sites for hydroxylation is 2. The number of hydrogen-bond acceptors (Lipinski definition) is 3. The summed E-state index contributed by atoms with van der Waals surface area (Å²) >= 11 is 0. The van der Waals surface area contributed by atoms with E-state index in [0.717, 1.165) is 17.1 Å². The van der Waals surface area contributed by atoms with Crippen LogP contribution in [0.3, 0.4) is 0 Å². The van der Waals surface area contributed by atoms with Crippen molar-refractivity contribution in [1.82, 2.24) is 9.78 Å². The summed E-state index contributed by atoms with van der Waals surface area (Å²) in [6, 6.07) is 9.07. The van der Waals surface area contributed by atoms with Crippen molar-refractivity contribution in [3.05, 3.63) is 47.3 Å². The van der Waals surface area contributed by atoms with Gasteiger partial charge in [0.2, 0.25) is 0 Å². The molecule has 0 atom stereocenters. The molecule has 0 aliphatic carbocycles. The van der Waals surface area contributed by atoms with Gasteiger partial charge in [-0.2, -0.15) is 5.10 Å². The Bertz CT molecular complexity index is 597. The Morgan fingerprint density at radius 3 is 2.40 bits per heavy atom. The summed E-state index contributed by atoms with van der Waals surface area (Å²) in [4.78, 5) is 12.3. The minimum atomic E-state index is -0.119. The third-order valence-electron chi connectivity index (χ3n) is 2.89. The molecule has 0 bridgehead atoms. The van der Waals surface area contributed by atoms with E-state index in [1.54, 1.807) is 12.1 Å². The van der Waals surface area contributed by atoms with Crippen molar-refractivity contribution in [2.45, 2.75) is 27.7 Å². The highest BCUT2D eigenvalue weighted by molar-refractivity contribution is 5.95. The van der Waals surface area contributed by atoms with Crippen molar-refractivity contribution in [3.63, 3.8) is 0 Å². The van der Waals surface area contributed by atoms with E-state index in [2.05, 4.69) is 18.9 Å². The van der Waals surface area contributed by atoms with E-state index in [-0.39, 0.29) is 5.91 Å². The molecule has 2 aromatic rings. The summed E-state index contributed by atoms with van der Waals surface area (Å²) in [7, 11) is 0. The van der Waals surface area contributed by atoms with Crippen LogP contribution in [-0.2, 0) is 0 Å². The van der Waals surface area contributed by atoms with Gasteiger partial charge in [-0.3, -0.25) is 4.79 Å². The van der Waals surface area contributed by atoms with E-state index in [9.17, 15) is 4.79 Å². The summed E-state index contributed by atoms with van der Waals surface area (Å²) in [6.45, 7) is 8.61.